The van der Waals surface area contributed by atoms with Gasteiger partial charge in [-0.05, 0) is 40.2 Å². The van der Waals surface area contributed by atoms with Crippen molar-refractivity contribution in [2.75, 3.05) is 42.9 Å². The summed E-state index contributed by atoms with van der Waals surface area (Å²) < 4.78 is 34.3. The van der Waals surface area contributed by atoms with E-state index in [2.05, 4.69) is 30.9 Å². The third-order valence-corrected chi connectivity index (χ3v) is 8.11. The van der Waals surface area contributed by atoms with Crippen molar-refractivity contribution >= 4 is 60.3 Å². The molecule has 0 amide bonds. The second-order valence-electron chi connectivity index (χ2n) is 5.42. The number of sulfonamides is 1. The summed E-state index contributed by atoms with van der Waals surface area (Å²) in [6.07, 6.45) is 0. The molecular weight excluding hydrogens is 450 g/mol. The van der Waals surface area contributed by atoms with Crippen LogP contribution in [0.15, 0.2) is 32.9 Å². The van der Waals surface area contributed by atoms with E-state index in [0.29, 0.717) is 20.2 Å². The van der Waals surface area contributed by atoms with E-state index in [1.165, 1.54) is 6.07 Å². The summed E-state index contributed by atoms with van der Waals surface area (Å²) in [6, 6.07) is 6.75. The number of rotatable bonds is 5. The van der Waals surface area contributed by atoms with Crippen molar-refractivity contribution in [2.24, 2.45) is 0 Å². The zero-order valence-electron chi connectivity index (χ0n) is 13.4. The van der Waals surface area contributed by atoms with Crippen molar-refractivity contribution in [3.8, 4) is 5.75 Å². The highest BCUT2D eigenvalue weighted by Crippen LogP contribution is 2.36. The molecule has 2 heterocycles. The largest absolute Gasteiger partial charge is 0.495 e. The predicted octanol–water partition coefficient (Wildman–Crippen LogP) is 3.38. The van der Waals surface area contributed by atoms with Crippen LogP contribution in [0.3, 0.4) is 0 Å². The lowest BCUT2D eigenvalue weighted by molar-refractivity contribution is 0.413. The van der Waals surface area contributed by atoms with E-state index in [9.17, 15) is 8.42 Å². The van der Waals surface area contributed by atoms with Crippen molar-refractivity contribution in [1.82, 2.24) is 5.32 Å². The Morgan fingerprint density at radius 1 is 1.32 bits per heavy atom. The molecule has 25 heavy (non-hydrogen) atoms. The van der Waals surface area contributed by atoms with Crippen molar-refractivity contribution in [1.29, 1.82) is 0 Å². The summed E-state index contributed by atoms with van der Waals surface area (Å²) in [6.45, 7) is 3.42. The number of methoxy groups -OCH3 is 1. The van der Waals surface area contributed by atoms with Crippen LogP contribution in [-0.4, -0.2) is 41.7 Å². The van der Waals surface area contributed by atoms with Crippen LogP contribution in [0.25, 0.3) is 0 Å². The molecule has 0 bridgehead atoms. The molecule has 1 aromatic carbocycles. The molecule has 136 valence electrons. The molecule has 3 rings (SSSR count). The molecule has 0 unspecified atom stereocenters. The maximum absolute atomic E-state index is 12.6. The van der Waals surface area contributed by atoms with Gasteiger partial charge in [0, 0.05) is 30.7 Å². The molecule has 2 N–H and O–H groups in total. The van der Waals surface area contributed by atoms with Gasteiger partial charge in [-0.15, -0.1) is 11.3 Å². The normalized spacial score (nSPS) is 15.2. The van der Waals surface area contributed by atoms with E-state index in [4.69, 9.17) is 16.3 Å². The second kappa shape index (κ2) is 7.71. The summed E-state index contributed by atoms with van der Waals surface area (Å²) in [4.78, 5) is 2.17. The predicted molar refractivity (Wildman–Crippen MR) is 106 cm³/mol. The number of piperazine rings is 1. The molecule has 2 aromatic rings. The minimum Gasteiger partial charge on any atom is -0.495 e. The van der Waals surface area contributed by atoms with Crippen LogP contribution in [0.2, 0.25) is 4.34 Å². The maximum atomic E-state index is 12.6. The third kappa shape index (κ3) is 4.22. The van der Waals surface area contributed by atoms with Gasteiger partial charge in [0.1, 0.15) is 14.3 Å². The van der Waals surface area contributed by atoms with Gasteiger partial charge in [-0.1, -0.05) is 11.6 Å². The molecule has 1 aliphatic rings. The SMILES string of the molecule is COc1ccc(NS(=O)(=O)c2cc(Br)c(Cl)s2)cc1N1CCNCC1. The molecule has 1 fully saturated rings. The Hall–Kier alpha value is -1.000. The zero-order valence-corrected chi connectivity index (χ0v) is 17.4. The Labute approximate surface area is 164 Å². The lowest BCUT2D eigenvalue weighted by atomic mass is 10.2. The summed E-state index contributed by atoms with van der Waals surface area (Å²) in [5.74, 6) is 0.715. The number of ether oxygens (including phenoxy) is 1. The van der Waals surface area contributed by atoms with Gasteiger partial charge in [0.05, 0.1) is 18.5 Å². The molecule has 1 aromatic heterocycles. The molecule has 1 saturated heterocycles. The molecule has 6 nitrogen and oxygen atoms in total. The Bertz CT molecular complexity index is 847. The average molecular weight is 467 g/mol. The average Bonchev–Trinajstić information content (AvgIpc) is 2.95. The molecular formula is C15H17BrClN3O3S2. The number of nitrogens with one attached hydrogen (secondary N) is 2. The number of benzene rings is 1. The first-order chi connectivity index (χ1) is 11.9. The van der Waals surface area contributed by atoms with Crippen molar-refractivity contribution < 1.29 is 13.2 Å². The highest BCUT2D eigenvalue weighted by molar-refractivity contribution is 9.10. The second-order valence-corrected chi connectivity index (χ2v) is 9.83. The maximum Gasteiger partial charge on any atom is 0.271 e. The van der Waals surface area contributed by atoms with Gasteiger partial charge in [-0.2, -0.15) is 0 Å². The number of hydrogen-bond acceptors (Lipinski definition) is 6. The summed E-state index contributed by atoms with van der Waals surface area (Å²) in [5.41, 5.74) is 1.35. The lowest BCUT2D eigenvalue weighted by Gasteiger charge is -2.30. The molecule has 0 spiro atoms. The summed E-state index contributed by atoms with van der Waals surface area (Å²) in [7, 11) is -2.09. The number of hydrogen-bond donors (Lipinski definition) is 2. The molecule has 0 saturated carbocycles. The fraction of sp³-hybridized carbons (Fsp3) is 0.333. The van der Waals surface area contributed by atoms with Gasteiger partial charge in [0.25, 0.3) is 10.0 Å². The third-order valence-electron chi connectivity index (χ3n) is 3.78. The van der Waals surface area contributed by atoms with E-state index < -0.39 is 10.0 Å². The standard InChI is InChI=1S/C15H17BrClN3O3S2/c1-23-13-3-2-10(8-12(13)20-6-4-18-5-7-20)19-25(21,22)14-9-11(16)15(17)24-14/h2-3,8-9,18-19H,4-7H2,1H3. The molecule has 0 aliphatic carbocycles. The van der Waals surface area contributed by atoms with Crippen LogP contribution in [0, 0.1) is 0 Å². The van der Waals surface area contributed by atoms with Gasteiger partial charge in [-0.3, -0.25) is 4.72 Å². The van der Waals surface area contributed by atoms with Crippen LogP contribution >= 0.6 is 38.9 Å². The Balaban J connectivity index is 1.89. The first kappa shape index (κ1) is 18.8. The van der Waals surface area contributed by atoms with Gasteiger partial charge in [0.15, 0.2) is 0 Å². The number of anilines is 2. The van der Waals surface area contributed by atoms with Gasteiger partial charge < -0.3 is 15.0 Å². The van der Waals surface area contributed by atoms with E-state index in [-0.39, 0.29) is 4.21 Å². The first-order valence-corrected chi connectivity index (χ1v) is 11.0. The van der Waals surface area contributed by atoms with Crippen LogP contribution in [0.5, 0.6) is 5.75 Å². The quantitative estimate of drug-likeness (QED) is 0.707. The van der Waals surface area contributed by atoms with Crippen molar-refractivity contribution in [3.63, 3.8) is 0 Å². The molecule has 10 heteroatoms. The van der Waals surface area contributed by atoms with Crippen LogP contribution in [-0.2, 0) is 10.0 Å². The highest BCUT2D eigenvalue weighted by Gasteiger charge is 2.21. The molecule has 1 aliphatic heterocycles. The van der Waals surface area contributed by atoms with Crippen molar-refractivity contribution in [3.05, 3.63) is 33.1 Å². The fourth-order valence-corrected chi connectivity index (χ4v) is 5.92. The van der Waals surface area contributed by atoms with Gasteiger partial charge >= 0.3 is 0 Å². The van der Waals surface area contributed by atoms with Gasteiger partial charge in [-0.25, -0.2) is 8.42 Å². The first-order valence-electron chi connectivity index (χ1n) is 7.52. The Morgan fingerprint density at radius 2 is 2.04 bits per heavy atom. The minimum absolute atomic E-state index is 0.156. The zero-order chi connectivity index (χ0) is 18.0. The Kier molecular flexibility index (Phi) is 5.79. The highest BCUT2D eigenvalue weighted by atomic mass is 79.9. The topological polar surface area (TPSA) is 70.7 Å². The van der Waals surface area contributed by atoms with E-state index >= 15 is 0 Å². The molecule has 0 radical (unpaired) electrons. The van der Waals surface area contributed by atoms with Gasteiger partial charge in [0.2, 0.25) is 0 Å². The van der Waals surface area contributed by atoms with Crippen molar-refractivity contribution in [2.45, 2.75) is 4.21 Å². The van der Waals surface area contributed by atoms with E-state index in [1.807, 2.05) is 0 Å². The number of thiophene rings is 1. The summed E-state index contributed by atoms with van der Waals surface area (Å²) >= 11 is 10.2. The monoisotopic (exact) mass is 465 g/mol. The minimum atomic E-state index is -3.70. The number of nitrogens with zero attached hydrogens (tertiary/aromatic N) is 1. The lowest BCUT2D eigenvalue weighted by Crippen LogP contribution is -2.43. The van der Waals surface area contributed by atoms with E-state index in [1.54, 1.807) is 25.3 Å². The fourth-order valence-electron chi connectivity index (χ4n) is 2.57. The van der Waals surface area contributed by atoms with Crippen LogP contribution < -0.4 is 19.7 Å². The van der Waals surface area contributed by atoms with E-state index in [0.717, 1.165) is 43.2 Å². The van der Waals surface area contributed by atoms with Crippen LogP contribution in [0.1, 0.15) is 0 Å². The Morgan fingerprint density at radius 3 is 2.64 bits per heavy atom. The summed E-state index contributed by atoms with van der Waals surface area (Å²) in [5, 5.41) is 3.29. The molecule has 0 atom stereocenters. The smallest absolute Gasteiger partial charge is 0.271 e. The van der Waals surface area contributed by atoms with Crippen LogP contribution in [0.4, 0.5) is 11.4 Å². The number of halogens is 2.